The summed E-state index contributed by atoms with van der Waals surface area (Å²) in [5.74, 6) is 3.26. The van der Waals surface area contributed by atoms with Crippen molar-refractivity contribution in [1.29, 1.82) is 0 Å². The minimum Gasteiger partial charge on any atom is -0.490 e. The van der Waals surface area contributed by atoms with Crippen LogP contribution in [0.2, 0.25) is 0 Å². The molecule has 0 spiro atoms. The molecule has 1 aliphatic heterocycles. The first kappa shape index (κ1) is 54.9. The van der Waals surface area contributed by atoms with Crippen LogP contribution in [0.1, 0.15) is 144 Å². The average molecular weight is 955 g/mol. The van der Waals surface area contributed by atoms with Crippen LogP contribution in [0.3, 0.4) is 0 Å². The quantitative estimate of drug-likeness (QED) is 0.120. The van der Waals surface area contributed by atoms with E-state index in [-0.39, 0.29) is 46.5 Å². The largest absolute Gasteiger partial charge is 0.490 e. The van der Waals surface area contributed by atoms with Crippen molar-refractivity contribution in [3.8, 4) is 28.8 Å². The van der Waals surface area contributed by atoms with Gasteiger partial charge in [-0.25, -0.2) is 24.3 Å². The van der Waals surface area contributed by atoms with Gasteiger partial charge in [-0.05, 0) is 100 Å². The zero-order valence-corrected chi connectivity index (χ0v) is 43.8. The second kappa shape index (κ2) is 23.7. The lowest BCUT2D eigenvalue weighted by molar-refractivity contribution is -0.221. The number of halogens is 1. The molecule has 7 rings (SSSR count). The van der Waals surface area contributed by atoms with Gasteiger partial charge in [0.05, 0.1) is 18.7 Å². The molecule has 378 valence electrons. The predicted molar refractivity (Wildman–Crippen MR) is 270 cm³/mol. The highest BCUT2D eigenvalue weighted by molar-refractivity contribution is 5.84. The Balaban J connectivity index is 0.000000241. The first-order valence-electron chi connectivity index (χ1n) is 24.6. The molecule has 69 heavy (non-hydrogen) atoms. The normalized spacial score (nSPS) is 15.8. The van der Waals surface area contributed by atoms with Crippen LogP contribution >= 0.6 is 0 Å². The number of hydrogen-bond donors (Lipinski definition) is 1. The van der Waals surface area contributed by atoms with E-state index >= 15 is 0 Å². The molecule has 1 atom stereocenters. The summed E-state index contributed by atoms with van der Waals surface area (Å²) < 4.78 is 31.6. The number of carbonyl (C=O) groups excluding carboxylic acids is 2. The fraction of sp³-hybridized carbons (Fsp3) is 0.630. The summed E-state index contributed by atoms with van der Waals surface area (Å²) in [6.07, 6.45) is 12.8. The number of fused-ring (bicyclic) bond motifs is 2. The van der Waals surface area contributed by atoms with Gasteiger partial charge in [-0.15, -0.1) is 0 Å². The van der Waals surface area contributed by atoms with E-state index in [0.29, 0.717) is 61.3 Å². The lowest BCUT2D eigenvalue weighted by Gasteiger charge is -2.32. The van der Waals surface area contributed by atoms with Crippen molar-refractivity contribution >= 4 is 23.2 Å². The Morgan fingerprint density at radius 1 is 0.696 bits per heavy atom. The summed E-state index contributed by atoms with van der Waals surface area (Å²) in [6.45, 7) is 24.5. The van der Waals surface area contributed by atoms with Gasteiger partial charge >= 0.3 is 0 Å². The van der Waals surface area contributed by atoms with E-state index in [4.69, 9.17) is 29.3 Å². The summed E-state index contributed by atoms with van der Waals surface area (Å²) in [5, 5.41) is 8.40. The van der Waals surface area contributed by atoms with E-state index in [0.717, 1.165) is 98.5 Å². The van der Waals surface area contributed by atoms with Crippen molar-refractivity contribution in [2.45, 2.75) is 159 Å². The Bertz CT molecular complexity index is 2350. The van der Waals surface area contributed by atoms with Gasteiger partial charge in [0.1, 0.15) is 41.2 Å². The van der Waals surface area contributed by atoms with Gasteiger partial charge in [-0.1, -0.05) is 62.3 Å². The number of Topliss-reactive ketones (excluding diaryl/α,β-unsaturated/α-hetero) is 2. The van der Waals surface area contributed by atoms with Crippen molar-refractivity contribution in [1.82, 2.24) is 29.9 Å². The smallest absolute Gasteiger partial charge is 0.180 e. The summed E-state index contributed by atoms with van der Waals surface area (Å²) in [5.41, 5.74) is 4.85. The molecule has 5 heterocycles. The number of carbonyl (C=O) groups is 2. The van der Waals surface area contributed by atoms with E-state index < -0.39 is 5.60 Å². The maximum absolute atomic E-state index is 13.6. The fourth-order valence-electron chi connectivity index (χ4n) is 8.26. The Labute approximate surface area is 410 Å². The second-order valence-electron chi connectivity index (χ2n) is 23.0. The molecule has 3 aliphatic rings. The number of aryl methyl sites for hydroxylation is 2. The van der Waals surface area contributed by atoms with Crippen LogP contribution in [0.5, 0.6) is 5.75 Å². The SMILES string of the molecule is CC(C)(C)CO.CN(CC(=O)CC(C)(C)C)c1nc(-c2cc(F)ccn2)nc2c1CCC2.CN(CC(=O)CC(C)(C)C)c1nc(-c2cc(OCC(C)(C)OC3CCCCO3)ccn2)nc2c1CCC2. The zero-order chi connectivity index (χ0) is 50.7. The fourth-order valence-corrected chi connectivity index (χ4v) is 8.26. The van der Waals surface area contributed by atoms with Gasteiger partial charge < -0.3 is 29.1 Å². The Kier molecular flexibility index (Phi) is 18.9. The van der Waals surface area contributed by atoms with Gasteiger partial charge in [-0.2, -0.15) is 0 Å². The number of hydrogen-bond acceptors (Lipinski definition) is 14. The third-order valence-electron chi connectivity index (χ3n) is 11.4. The standard InChI is InChI=1S/C29H42N4O4.C20H25FN4O.C5H12O/c1-28(2,3)17-20(34)18-33(6)27-22-10-9-11-23(22)31-26(32-27)24-16-21(13-14-30-24)36-19-29(4,5)37-25-12-7-8-15-35-25;1-20(2,3)11-14(26)12-25(4)19-15-6-5-7-16(15)23-18(24-19)17-10-13(21)8-9-22-17;1-5(2,3)4-6/h13-14,16,25H,7-12,15,17-19H2,1-6H3;8-10H,5-7,11-12H2,1-4H3;6H,4H2,1-3H3. The highest BCUT2D eigenvalue weighted by atomic mass is 19.1. The minimum absolute atomic E-state index is 0.0376. The van der Waals surface area contributed by atoms with Gasteiger partial charge in [0, 0.05) is 87.2 Å². The first-order chi connectivity index (χ1) is 32.3. The zero-order valence-electron chi connectivity index (χ0n) is 43.8. The Morgan fingerprint density at radius 2 is 1.19 bits per heavy atom. The third-order valence-corrected chi connectivity index (χ3v) is 11.4. The van der Waals surface area contributed by atoms with Crippen LogP contribution in [0.15, 0.2) is 36.7 Å². The molecule has 1 fully saturated rings. The highest BCUT2D eigenvalue weighted by Crippen LogP contribution is 2.33. The van der Waals surface area contributed by atoms with Crippen molar-refractivity contribution in [3.05, 3.63) is 65.0 Å². The number of pyridine rings is 2. The van der Waals surface area contributed by atoms with Crippen molar-refractivity contribution in [2.24, 2.45) is 16.2 Å². The maximum atomic E-state index is 13.6. The molecule has 0 bridgehead atoms. The predicted octanol–water partition coefficient (Wildman–Crippen LogP) is 9.80. The molecule has 15 heteroatoms. The number of ether oxygens (including phenoxy) is 3. The number of aliphatic hydroxyl groups is 1. The number of anilines is 2. The number of rotatable bonds is 15. The van der Waals surface area contributed by atoms with Crippen molar-refractivity contribution in [3.63, 3.8) is 0 Å². The maximum Gasteiger partial charge on any atom is 0.180 e. The molecule has 0 amide bonds. The molecule has 0 aromatic carbocycles. The molecule has 4 aromatic heterocycles. The van der Waals surface area contributed by atoms with E-state index in [1.165, 1.54) is 18.3 Å². The Hall–Kier alpha value is -4.99. The summed E-state index contributed by atoms with van der Waals surface area (Å²) in [6, 6.07) is 6.35. The average Bonchev–Trinajstić information content (AvgIpc) is 3.94. The highest BCUT2D eigenvalue weighted by Gasteiger charge is 2.29. The van der Waals surface area contributed by atoms with Crippen LogP contribution < -0.4 is 14.5 Å². The third kappa shape index (κ3) is 17.7. The van der Waals surface area contributed by atoms with Gasteiger partial charge in [0.25, 0.3) is 0 Å². The summed E-state index contributed by atoms with van der Waals surface area (Å²) in [7, 11) is 3.82. The number of nitrogens with zero attached hydrogens (tertiary/aromatic N) is 8. The van der Waals surface area contributed by atoms with Crippen LogP contribution in [0, 0.1) is 22.1 Å². The Morgan fingerprint density at radius 3 is 1.64 bits per heavy atom. The number of aromatic nitrogens is 6. The molecule has 0 saturated carbocycles. The molecule has 0 radical (unpaired) electrons. The van der Waals surface area contributed by atoms with E-state index in [9.17, 15) is 14.0 Å². The van der Waals surface area contributed by atoms with Crippen molar-refractivity contribution < 1.29 is 33.3 Å². The van der Waals surface area contributed by atoms with Crippen LogP contribution in [-0.4, -0.2) is 105 Å². The first-order valence-corrected chi connectivity index (χ1v) is 24.6. The topological polar surface area (TPSA) is 166 Å². The molecule has 4 aromatic rings. The van der Waals surface area contributed by atoms with E-state index in [2.05, 4.69) is 61.5 Å². The van der Waals surface area contributed by atoms with Gasteiger partial charge in [0.15, 0.2) is 29.5 Å². The van der Waals surface area contributed by atoms with Crippen LogP contribution in [0.25, 0.3) is 23.0 Å². The second-order valence-corrected chi connectivity index (χ2v) is 23.0. The molecular formula is C54H79FN8O6. The van der Waals surface area contributed by atoms with E-state index in [1.54, 1.807) is 6.20 Å². The molecule has 14 nitrogen and oxygen atoms in total. The molecular weight excluding hydrogens is 876 g/mol. The number of likely N-dealkylation sites (N-methyl/N-ethyl adjacent to an activating group) is 2. The molecule has 2 aliphatic carbocycles. The molecule has 1 saturated heterocycles. The van der Waals surface area contributed by atoms with Crippen LogP contribution in [-0.2, 0) is 44.7 Å². The van der Waals surface area contributed by atoms with Crippen LogP contribution in [0.4, 0.5) is 16.0 Å². The van der Waals surface area contributed by atoms with Crippen molar-refractivity contribution in [2.75, 3.05) is 56.8 Å². The number of aliphatic hydroxyl groups excluding tert-OH is 1. The van der Waals surface area contributed by atoms with Gasteiger partial charge in [0.2, 0.25) is 0 Å². The summed E-state index contributed by atoms with van der Waals surface area (Å²) in [4.78, 5) is 56.7. The monoisotopic (exact) mass is 955 g/mol. The van der Waals surface area contributed by atoms with E-state index in [1.807, 2.05) is 70.6 Å². The number of ketones is 2. The lowest BCUT2D eigenvalue weighted by Crippen LogP contribution is -2.38. The molecule has 1 N–H and O–H groups in total. The minimum atomic E-state index is -0.495. The summed E-state index contributed by atoms with van der Waals surface area (Å²) >= 11 is 0. The van der Waals surface area contributed by atoms with Gasteiger partial charge in [-0.3, -0.25) is 19.6 Å². The molecule has 1 unspecified atom stereocenters. The lowest BCUT2D eigenvalue weighted by atomic mass is 9.90.